The second kappa shape index (κ2) is 4.25. The molecule has 68 valence electrons. The number of carboxylic acids is 1. The smallest absolute Gasteiger partial charge is 0.329 e. The Hall–Kier alpha value is -0.840. The molecule has 0 aromatic rings. The SMILES string of the molecule is O=C(O)C=CN1CCS(=O)CC1. The lowest BCUT2D eigenvalue weighted by Crippen LogP contribution is -2.33. The van der Waals surface area contributed by atoms with Crippen molar-refractivity contribution in [1.82, 2.24) is 4.90 Å². The van der Waals surface area contributed by atoms with Gasteiger partial charge in [0.05, 0.1) is 0 Å². The van der Waals surface area contributed by atoms with Crippen LogP contribution in [0, 0.1) is 0 Å². The molecule has 1 fully saturated rings. The van der Waals surface area contributed by atoms with Crippen LogP contribution < -0.4 is 0 Å². The predicted octanol–water partition coefficient (Wildman–Crippen LogP) is -0.351. The second-order valence-corrected chi connectivity index (χ2v) is 4.23. The second-order valence-electron chi connectivity index (χ2n) is 2.54. The Morgan fingerprint density at radius 3 is 2.50 bits per heavy atom. The lowest BCUT2D eigenvalue weighted by molar-refractivity contribution is -0.131. The minimum atomic E-state index is -0.943. The van der Waals surface area contributed by atoms with Crippen molar-refractivity contribution in [3.63, 3.8) is 0 Å². The summed E-state index contributed by atoms with van der Waals surface area (Å²) in [7, 11) is -0.698. The quantitative estimate of drug-likeness (QED) is 0.603. The molecule has 0 saturated carbocycles. The van der Waals surface area contributed by atoms with E-state index >= 15 is 0 Å². The van der Waals surface area contributed by atoms with Crippen molar-refractivity contribution in [2.45, 2.75) is 0 Å². The van der Waals surface area contributed by atoms with E-state index in [4.69, 9.17) is 5.11 Å². The maximum Gasteiger partial charge on any atom is 0.329 e. The van der Waals surface area contributed by atoms with E-state index in [1.54, 1.807) is 6.20 Å². The summed E-state index contributed by atoms with van der Waals surface area (Å²) in [6.07, 6.45) is 2.65. The summed E-state index contributed by atoms with van der Waals surface area (Å²) < 4.78 is 10.9. The molecule has 4 nitrogen and oxygen atoms in total. The van der Waals surface area contributed by atoms with Crippen LogP contribution in [-0.2, 0) is 15.6 Å². The normalized spacial score (nSPS) is 20.2. The Bertz CT molecular complexity index is 217. The van der Waals surface area contributed by atoms with Crippen LogP contribution >= 0.6 is 0 Å². The van der Waals surface area contributed by atoms with E-state index in [-0.39, 0.29) is 0 Å². The molecule has 1 aliphatic rings. The number of nitrogens with zero attached hydrogens (tertiary/aromatic N) is 1. The molecule has 1 aliphatic heterocycles. The summed E-state index contributed by atoms with van der Waals surface area (Å²) in [5, 5.41) is 8.32. The summed E-state index contributed by atoms with van der Waals surface area (Å²) in [4.78, 5) is 12.0. The molecule has 0 spiro atoms. The van der Waals surface area contributed by atoms with Gasteiger partial charge < -0.3 is 10.0 Å². The first-order valence-electron chi connectivity index (χ1n) is 3.68. The lowest BCUT2D eigenvalue weighted by atomic mass is 10.5. The van der Waals surface area contributed by atoms with E-state index < -0.39 is 16.8 Å². The minimum absolute atomic E-state index is 0.643. The Kier molecular flexibility index (Phi) is 3.28. The standard InChI is InChI=1S/C7H11NO3S/c9-7(10)1-2-8-3-5-12(11)6-4-8/h1-2H,3-6H2,(H,9,10). The van der Waals surface area contributed by atoms with Crippen LogP contribution in [0.1, 0.15) is 0 Å². The van der Waals surface area contributed by atoms with Crippen LogP contribution in [0.25, 0.3) is 0 Å². The molecular weight excluding hydrogens is 178 g/mol. The molecule has 1 rings (SSSR count). The summed E-state index contributed by atoms with van der Waals surface area (Å²) in [6, 6.07) is 0. The van der Waals surface area contributed by atoms with Crippen molar-refractivity contribution < 1.29 is 14.1 Å². The van der Waals surface area contributed by atoms with Gasteiger partial charge in [-0.25, -0.2) is 4.79 Å². The molecule has 12 heavy (non-hydrogen) atoms. The molecule has 0 amide bonds. The fourth-order valence-electron chi connectivity index (χ4n) is 0.970. The first-order valence-corrected chi connectivity index (χ1v) is 5.17. The molecule has 0 atom stereocenters. The lowest BCUT2D eigenvalue weighted by Gasteiger charge is -2.23. The minimum Gasteiger partial charge on any atom is -0.478 e. The van der Waals surface area contributed by atoms with Crippen LogP contribution in [-0.4, -0.2) is 44.8 Å². The Morgan fingerprint density at radius 1 is 1.42 bits per heavy atom. The highest BCUT2D eigenvalue weighted by Crippen LogP contribution is 1.99. The number of aliphatic carboxylic acids is 1. The Morgan fingerprint density at radius 2 is 2.00 bits per heavy atom. The zero-order valence-electron chi connectivity index (χ0n) is 6.60. The summed E-state index contributed by atoms with van der Waals surface area (Å²) in [5.74, 6) is 0.343. The summed E-state index contributed by atoms with van der Waals surface area (Å²) >= 11 is 0. The average molecular weight is 189 g/mol. The number of rotatable bonds is 2. The van der Waals surface area contributed by atoms with Gasteiger partial charge in [0.2, 0.25) is 0 Å². The fraction of sp³-hybridized carbons (Fsp3) is 0.571. The van der Waals surface area contributed by atoms with E-state index in [0.29, 0.717) is 24.6 Å². The average Bonchev–Trinajstić information content (AvgIpc) is 2.03. The zero-order valence-corrected chi connectivity index (χ0v) is 7.42. The molecule has 0 aromatic carbocycles. The van der Waals surface area contributed by atoms with Crippen molar-refractivity contribution in [3.05, 3.63) is 12.3 Å². The predicted molar refractivity (Wildman–Crippen MR) is 46.2 cm³/mol. The van der Waals surface area contributed by atoms with Gasteiger partial charge in [0, 0.05) is 47.7 Å². The zero-order chi connectivity index (χ0) is 8.97. The van der Waals surface area contributed by atoms with Gasteiger partial charge in [0.25, 0.3) is 0 Å². The highest BCUT2D eigenvalue weighted by atomic mass is 32.2. The molecule has 0 aliphatic carbocycles. The van der Waals surface area contributed by atoms with Crippen molar-refractivity contribution in [2.75, 3.05) is 24.6 Å². The molecular formula is C7H11NO3S. The third-order valence-electron chi connectivity index (χ3n) is 1.64. The molecule has 1 saturated heterocycles. The number of hydrogen-bond acceptors (Lipinski definition) is 3. The van der Waals surface area contributed by atoms with Crippen molar-refractivity contribution >= 4 is 16.8 Å². The first-order chi connectivity index (χ1) is 5.68. The van der Waals surface area contributed by atoms with Gasteiger partial charge in [-0.2, -0.15) is 0 Å². The van der Waals surface area contributed by atoms with Gasteiger partial charge in [-0.1, -0.05) is 0 Å². The Labute approximate surface area is 73.3 Å². The third kappa shape index (κ3) is 3.04. The largest absolute Gasteiger partial charge is 0.478 e. The fourth-order valence-corrected chi connectivity index (χ4v) is 2.05. The van der Waals surface area contributed by atoms with E-state index in [9.17, 15) is 9.00 Å². The molecule has 0 radical (unpaired) electrons. The van der Waals surface area contributed by atoms with E-state index in [1.165, 1.54) is 0 Å². The van der Waals surface area contributed by atoms with E-state index in [1.807, 2.05) is 4.90 Å². The molecule has 1 N–H and O–H groups in total. The highest BCUT2D eigenvalue weighted by molar-refractivity contribution is 7.85. The third-order valence-corrected chi connectivity index (χ3v) is 2.92. The highest BCUT2D eigenvalue weighted by Gasteiger charge is 2.11. The summed E-state index contributed by atoms with van der Waals surface area (Å²) in [6.45, 7) is 1.38. The van der Waals surface area contributed by atoms with Crippen molar-refractivity contribution in [2.24, 2.45) is 0 Å². The molecule has 0 unspecified atom stereocenters. The van der Waals surface area contributed by atoms with Gasteiger partial charge in [0.15, 0.2) is 0 Å². The van der Waals surface area contributed by atoms with Gasteiger partial charge in [-0.3, -0.25) is 4.21 Å². The maximum atomic E-state index is 10.9. The molecule has 0 aromatic heterocycles. The van der Waals surface area contributed by atoms with E-state index in [2.05, 4.69) is 0 Å². The van der Waals surface area contributed by atoms with Gasteiger partial charge in [-0.15, -0.1) is 0 Å². The first kappa shape index (κ1) is 9.25. The Balaban J connectivity index is 2.35. The molecule has 1 heterocycles. The maximum absolute atomic E-state index is 10.9. The summed E-state index contributed by atoms with van der Waals surface area (Å²) in [5.41, 5.74) is 0. The number of carbonyl (C=O) groups is 1. The van der Waals surface area contributed by atoms with E-state index in [0.717, 1.165) is 6.08 Å². The topological polar surface area (TPSA) is 57.6 Å². The molecule has 5 heteroatoms. The molecule has 0 bridgehead atoms. The van der Waals surface area contributed by atoms with Crippen molar-refractivity contribution in [1.29, 1.82) is 0 Å². The van der Waals surface area contributed by atoms with Crippen LogP contribution in [0.2, 0.25) is 0 Å². The van der Waals surface area contributed by atoms with Crippen LogP contribution in [0.5, 0.6) is 0 Å². The van der Waals surface area contributed by atoms with Gasteiger partial charge in [0.1, 0.15) is 0 Å². The van der Waals surface area contributed by atoms with Gasteiger partial charge in [-0.05, 0) is 0 Å². The van der Waals surface area contributed by atoms with Crippen LogP contribution in [0.3, 0.4) is 0 Å². The van der Waals surface area contributed by atoms with Crippen LogP contribution in [0.4, 0.5) is 0 Å². The number of hydrogen-bond donors (Lipinski definition) is 1. The van der Waals surface area contributed by atoms with Crippen molar-refractivity contribution in [3.8, 4) is 0 Å². The van der Waals surface area contributed by atoms with Crippen LogP contribution in [0.15, 0.2) is 12.3 Å². The monoisotopic (exact) mass is 189 g/mol. The van der Waals surface area contributed by atoms with Gasteiger partial charge >= 0.3 is 5.97 Å². The number of carboxylic acid groups (broad SMARTS) is 1.